The van der Waals surface area contributed by atoms with Crippen molar-refractivity contribution in [1.82, 2.24) is 14.7 Å². The van der Waals surface area contributed by atoms with Crippen molar-refractivity contribution in [2.45, 2.75) is 13.5 Å². The van der Waals surface area contributed by atoms with Crippen LogP contribution in [0.2, 0.25) is 0 Å². The van der Waals surface area contributed by atoms with E-state index in [1.54, 1.807) is 0 Å². The third kappa shape index (κ3) is 5.96. The van der Waals surface area contributed by atoms with Crippen LogP contribution in [0.4, 0.5) is 0 Å². The van der Waals surface area contributed by atoms with Gasteiger partial charge in [-0.05, 0) is 18.1 Å². The van der Waals surface area contributed by atoms with Gasteiger partial charge in [-0.25, -0.2) is 0 Å². The summed E-state index contributed by atoms with van der Waals surface area (Å²) in [6.45, 7) is 8.97. The highest BCUT2D eigenvalue weighted by molar-refractivity contribution is 8.00. The molecule has 3 rings (SSSR count). The van der Waals surface area contributed by atoms with Gasteiger partial charge in [-0.1, -0.05) is 24.3 Å². The SMILES string of the molecule is Cc1ccccc1CN1CCN(C(=O)CSCC(=O)N2CCOCC2)CC1. The highest BCUT2D eigenvalue weighted by Gasteiger charge is 2.22. The Bertz CT molecular complexity index is 641. The van der Waals surface area contributed by atoms with Gasteiger partial charge in [-0.15, -0.1) is 11.8 Å². The smallest absolute Gasteiger partial charge is 0.232 e. The second-order valence-corrected chi connectivity index (χ2v) is 8.05. The summed E-state index contributed by atoms with van der Waals surface area (Å²) < 4.78 is 5.26. The summed E-state index contributed by atoms with van der Waals surface area (Å²) in [5.41, 5.74) is 2.67. The fraction of sp³-hybridized carbons (Fsp3) is 0.600. The van der Waals surface area contributed by atoms with E-state index in [4.69, 9.17) is 4.74 Å². The van der Waals surface area contributed by atoms with Crippen molar-refractivity contribution in [2.75, 3.05) is 64.0 Å². The lowest BCUT2D eigenvalue weighted by atomic mass is 10.1. The van der Waals surface area contributed by atoms with E-state index in [9.17, 15) is 9.59 Å². The van der Waals surface area contributed by atoms with Gasteiger partial charge in [-0.2, -0.15) is 0 Å². The third-order valence-corrected chi connectivity index (χ3v) is 6.10. The molecule has 7 heteroatoms. The molecule has 0 radical (unpaired) electrons. The molecular formula is C20H29N3O3S. The number of piperazine rings is 1. The van der Waals surface area contributed by atoms with Gasteiger partial charge in [0, 0.05) is 45.8 Å². The standard InChI is InChI=1S/C20H29N3O3S/c1-17-4-2-3-5-18(17)14-21-6-8-22(9-7-21)19(24)15-27-16-20(25)23-10-12-26-13-11-23/h2-5H,6-16H2,1H3. The molecule has 2 aliphatic rings. The summed E-state index contributed by atoms with van der Waals surface area (Å²) in [5, 5.41) is 0. The maximum absolute atomic E-state index is 12.4. The van der Waals surface area contributed by atoms with E-state index in [2.05, 4.69) is 36.1 Å². The van der Waals surface area contributed by atoms with E-state index in [0.717, 1.165) is 32.7 Å². The van der Waals surface area contributed by atoms with E-state index in [0.29, 0.717) is 37.8 Å². The summed E-state index contributed by atoms with van der Waals surface area (Å²) in [6.07, 6.45) is 0. The lowest BCUT2D eigenvalue weighted by Gasteiger charge is -2.35. The molecule has 0 N–H and O–H groups in total. The van der Waals surface area contributed by atoms with Crippen molar-refractivity contribution in [3.05, 3.63) is 35.4 Å². The van der Waals surface area contributed by atoms with Gasteiger partial charge in [0.05, 0.1) is 24.7 Å². The first-order valence-electron chi connectivity index (χ1n) is 9.61. The van der Waals surface area contributed by atoms with Gasteiger partial charge in [0.1, 0.15) is 0 Å². The summed E-state index contributed by atoms with van der Waals surface area (Å²) in [6, 6.07) is 8.47. The number of amides is 2. The average molecular weight is 392 g/mol. The number of aryl methyl sites for hydroxylation is 1. The minimum atomic E-state index is 0.110. The second kappa shape index (κ2) is 10.1. The van der Waals surface area contributed by atoms with E-state index in [-0.39, 0.29) is 11.8 Å². The molecule has 6 nitrogen and oxygen atoms in total. The largest absolute Gasteiger partial charge is 0.378 e. The second-order valence-electron chi connectivity index (χ2n) is 7.07. The van der Waals surface area contributed by atoms with Crippen LogP contribution in [0, 0.1) is 6.92 Å². The topological polar surface area (TPSA) is 53.1 Å². The Labute approximate surface area is 165 Å². The molecule has 148 valence electrons. The van der Waals surface area contributed by atoms with Crippen molar-refractivity contribution >= 4 is 23.6 Å². The predicted octanol–water partition coefficient (Wildman–Crippen LogP) is 1.23. The molecule has 1 aromatic carbocycles. The molecule has 1 aromatic rings. The Balaban J connectivity index is 1.34. The summed E-state index contributed by atoms with van der Waals surface area (Å²) in [7, 11) is 0. The zero-order chi connectivity index (χ0) is 19.1. The first-order chi connectivity index (χ1) is 13.1. The maximum atomic E-state index is 12.4. The molecule has 2 heterocycles. The van der Waals surface area contributed by atoms with Crippen molar-refractivity contribution in [2.24, 2.45) is 0 Å². The van der Waals surface area contributed by atoms with Gasteiger partial charge in [0.25, 0.3) is 0 Å². The Morgan fingerprint density at radius 1 is 0.926 bits per heavy atom. The van der Waals surface area contributed by atoms with E-state index < -0.39 is 0 Å². The molecule has 2 aliphatic heterocycles. The molecule has 0 atom stereocenters. The van der Waals surface area contributed by atoms with Crippen molar-refractivity contribution < 1.29 is 14.3 Å². The monoisotopic (exact) mass is 391 g/mol. The number of ether oxygens (including phenoxy) is 1. The fourth-order valence-corrected chi connectivity index (χ4v) is 4.22. The molecule has 0 aromatic heterocycles. The molecule has 2 fully saturated rings. The van der Waals surface area contributed by atoms with Crippen LogP contribution in [0.3, 0.4) is 0 Å². The van der Waals surface area contributed by atoms with Crippen LogP contribution in [0.25, 0.3) is 0 Å². The number of hydrogen-bond acceptors (Lipinski definition) is 5. The predicted molar refractivity (Wildman–Crippen MR) is 108 cm³/mol. The Morgan fingerprint density at radius 2 is 1.52 bits per heavy atom. The minimum absolute atomic E-state index is 0.110. The van der Waals surface area contributed by atoms with E-state index in [1.807, 2.05) is 9.80 Å². The van der Waals surface area contributed by atoms with E-state index >= 15 is 0 Å². The lowest BCUT2D eigenvalue weighted by molar-refractivity contribution is -0.132. The minimum Gasteiger partial charge on any atom is -0.378 e. The number of rotatable bonds is 6. The summed E-state index contributed by atoms with van der Waals surface area (Å²) in [4.78, 5) is 30.7. The third-order valence-electron chi connectivity index (χ3n) is 5.20. The van der Waals surface area contributed by atoms with Crippen LogP contribution in [-0.2, 0) is 20.9 Å². The molecule has 27 heavy (non-hydrogen) atoms. The number of carbonyl (C=O) groups excluding carboxylic acids is 2. The van der Waals surface area contributed by atoms with Crippen LogP contribution in [0.1, 0.15) is 11.1 Å². The zero-order valence-electron chi connectivity index (χ0n) is 16.1. The number of morpholine rings is 1. The van der Waals surface area contributed by atoms with Gasteiger partial charge in [0.2, 0.25) is 11.8 Å². The quantitative estimate of drug-likeness (QED) is 0.730. The summed E-state index contributed by atoms with van der Waals surface area (Å²) in [5.74, 6) is 1.01. The normalized spacial score (nSPS) is 18.6. The van der Waals surface area contributed by atoms with E-state index in [1.165, 1.54) is 22.9 Å². The van der Waals surface area contributed by atoms with Gasteiger partial charge < -0.3 is 14.5 Å². The Hall–Kier alpha value is -1.57. The Morgan fingerprint density at radius 3 is 2.15 bits per heavy atom. The van der Waals surface area contributed by atoms with Gasteiger partial charge >= 0.3 is 0 Å². The number of benzene rings is 1. The number of hydrogen-bond donors (Lipinski definition) is 0. The van der Waals surface area contributed by atoms with Crippen LogP contribution >= 0.6 is 11.8 Å². The molecule has 0 bridgehead atoms. The van der Waals surface area contributed by atoms with Crippen molar-refractivity contribution in [3.8, 4) is 0 Å². The average Bonchev–Trinajstić information content (AvgIpc) is 2.71. The Kier molecular flexibility index (Phi) is 7.55. The molecule has 2 amide bonds. The van der Waals surface area contributed by atoms with Crippen LogP contribution < -0.4 is 0 Å². The number of nitrogens with zero attached hydrogens (tertiary/aromatic N) is 3. The number of thioether (sulfide) groups is 1. The first-order valence-corrected chi connectivity index (χ1v) is 10.8. The van der Waals surface area contributed by atoms with Gasteiger partial charge in [0.15, 0.2) is 0 Å². The highest BCUT2D eigenvalue weighted by Crippen LogP contribution is 2.13. The number of carbonyl (C=O) groups is 2. The highest BCUT2D eigenvalue weighted by atomic mass is 32.2. The zero-order valence-corrected chi connectivity index (χ0v) is 16.9. The molecule has 0 saturated carbocycles. The van der Waals surface area contributed by atoms with Crippen LogP contribution in [0.15, 0.2) is 24.3 Å². The van der Waals surface area contributed by atoms with Crippen molar-refractivity contribution in [3.63, 3.8) is 0 Å². The van der Waals surface area contributed by atoms with Crippen molar-refractivity contribution in [1.29, 1.82) is 0 Å². The fourth-order valence-electron chi connectivity index (χ4n) is 3.40. The molecular weight excluding hydrogens is 362 g/mol. The molecule has 2 saturated heterocycles. The van der Waals surface area contributed by atoms with Gasteiger partial charge in [-0.3, -0.25) is 14.5 Å². The molecule has 0 aliphatic carbocycles. The van der Waals surface area contributed by atoms with Crippen LogP contribution in [-0.4, -0.2) is 90.5 Å². The maximum Gasteiger partial charge on any atom is 0.232 e. The first kappa shape index (κ1) is 20.2. The van der Waals surface area contributed by atoms with Crippen LogP contribution in [0.5, 0.6) is 0 Å². The lowest BCUT2D eigenvalue weighted by Crippen LogP contribution is -2.49. The summed E-state index contributed by atoms with van der Waals surface area (Å²) >= 11 is 1.43. The molecule has 0 unspecified atom stereocenters. The molecule has 0 spiro atoms.